The first-order valence-corrected chi connectivity index (χ1v) is 5.80. The third-order valence-corrected chi connectivity index (χ3v) is 2.85. The summed E-state index contributed by atoms with van der Waals surface area (Å²) >= 11 is 0. The summed E-state index contributed by atoms with van der Waals surface area (Å²) in [6.45, 7) is 4.94. The van der Waals surface area contributed by atoms with Gasteiger partial charge in [0.25, 0.3) is 0 Å². The van der Waals surface area contributed by atoms with Crippen LogP contribution in [0.25, 0.3) is 0 Å². The van der Waals surface area contributed by atoms with Crippen molar-refractivity contribution in [3.63, 3.8) is 0 Å². The maximum Gasteiger partial charge on any atom is 0.224 e. The number of nitrogens with one attached hydrogen (secondary N) is 1. The first kappa shape index (κ1) is 15.7. The van der Waals surface area contributed by atoms with Crippen LogP contribution in [0.5, 0.6) is 0 Å². The van der Waals surface area contributed by atoms with Crippen LogP contribution in [0.15, 0.2) is 0 Å². The number of likely N-dealkylation sites (tertiary alicyclic amines) is 1. The molecule has 0 spiro atoms. The van der Waals surface area contributed by atoms with E-state index in [2.05, 4.69) is 5.32 Å². The predicted molar refractivity (Wildman–Crippen MR) is 67.0 cm³/mol. The van der Waals surface area contributed by atoms with Gasteiger partial charge < -0.3 is 15.0 Å². The predicted octanol–water partition coefficient (Wildman–Crippen LogP) is 1.05. The summed E-state index contributed by atoms with van der Waals surface area (Å²) in [7, 11) is 1.96. The fraction of sp³-hybridized carbons (Fsp3) is 0.909. The van der Waals surface area contributed by atoms with Crippen LogP contribution in [0.1, 0.15) is 26.2 Å². The fourth-order valence-corrected chi connectivity index (χ4v) is 1.90. The highest BCUT2D eigenvalue weighted by Crippen LogP contribution is 2.10. The van der Waals surface area contributed by atoms with Crippen molar-refractivity contribution in [1.82, 2.24) is 10.2 Å². The standard InChI is InChI=1S/C11H22N2O2.ClH/c1-3-15-8-6-11(14)13-7-4-5-10(9-13)12-2;/h10,12H,3-9H2,1-2H3;1H. The number of halogens is 1. The van der Waals surface area contributed by atoms with Gasteiger partial charge in [-0.25, -0.2) is 0 Å². The van der Waals surface area contributed by atoms with Gasteiger partial charge in [0.2, 0.25) is 5.91 Å². The van der Waals surface area contributed by atoms with Crippen LogP contribution in [0.4, 0.5) is 0 Å². The highest BCUT2D eigenvalue weighted by Gasteiger charge is 2.21. The highest BCUT2D eigenvalue weighted by atomic mass is 35.5. The van der Waals surface area contributed by atoms with Gasteiger partial charge in [-0.2, -0.15) is 0 Å². The molecule has 1 fully saturated rings. The van der Waals surface area contributed by atoms with Crippen LogP contribution in [0.2, 0.25) is 0 Å². The molecule has 1 amide bonds. The third kappa shape index (κ3) is 5.14. The van der Waals surface area contributed by atoms with Gasteiger partial charge in [-0.05, 0) is 26.8 Å². The van der Waals surface area contributed by atoms with Crippen molar-refractivity contribution in [2.24, 2.45) is 0 Å². The lowest BCUT2D eigenvalue weighted by Gasteiger charge is -2.32. The Morgan fingerprint density at radius 3 is 2.94 bits per heavy atom. The van der Waals surface area contributed by atoms with Gasteiger partial charge >= 0.3 is 0 Å². The Balaban J connectivity index is 0.00000225. The number of likely N-dealkylation sites (N-methyl/N-ethyl adjacent to an activating group) is 1. The molecule has 0 bridgehead atoms. The number of carbonyl (C=O) groups excluding carboxylic acids is 1. The van der Waals surface area contributed by atoms with E-state index in [1.165, 1.54) is 6.42 Å². The van der Waals surface area contributed by atoms with Crippen molar-refractivity contribution in [3.8, 4) is 0 Å². The minimum Gasteiger partial charge on any atom is -0.381 e. The maximum atomic E-state index is 11.8. The van der Waals surface area contributed by atoms with E-state index in [1.54, 1.807) is 0 Å². The molecule has 5 heteroatoms. The summed E-state index contributed by atoms with van der Waals surface area (Å²) in [6.07, 6.45) is 2.79. The topological polar surface area (TPSA) is 41.6 Å². The summed E-state index contributed by atoms with van der Waals surface area (Å²) in [5, 5.41) is 3.23. The number of hydrogen-bond acceptors (Lipinski definition) is 3. The van der Waals surface area contributed by atoms with E-state index in [4.69, 9.17) is 4.74 Å². The first-order valence-electron chi connectivity index (χ1n) is 5.80. The fourth-order valence-electron chi connectivity index (χ4n) is 1.90. The number of hydrogen-bond donors (Lipinski definition) is 1. The molecule has 0 aromatic heterocycles. The van der Waals surface area contributed by atoms with Crippen molar-refractivity contribution in [1.29, 1.82) is 0 Å². The molecule has 1 unspecified atom stereocenters. The average Bonchev–Trinajstić information content (AvgIpc) is 2.29. The van der Waals surface area contributed by atoms with Gasteiger partial charge in [0.15, 0.2) is 0 Å². The average molecular weight is 251 g/mol. The molecule has 4 nitrogen and oxygen atoms in total. The Kier molecular flexibility index (Phi) is 8.61. The Labute approximate surface area is 104 Å². The van der Waals surface area contributed by atoms with Gasteiger partial charge in [0.05, 0.1) is 13.0 Å². The minimum atomic E-state index is 0. The maximum absolute atomic E-state index is 11.8. The zero-order chi connectivity index (χ0) is 11.1. The second-order valence-electron chi connectivity index (χ2n) is 3.91. The molecule has 96 valence electrons. The Bertz CT molecular complexity index is 202. The minimum absolute atomic E-state index is 0. The van der Waals surface area contributed by atoms with E-state index in [-0.39, 0.29) is 18.3 Å². The molecule has 1 rings (SSSR count). The van der Waals surface area contributed by atoms with Crippen LogP contribution < -0.4 is 5.32 Å². The van der Waals surface area contributed by atoms with Crippen LogP contribution in [-0.2, 0) is 9.53 Å². The number of ether oxygens (including phenoxy) is 1. The van der Waals surface area contributed by atoms with Gasteiger partial charge in [0.1, 0.15) is 0 Å². The summed E-state index contributed by atoms with van der Waals surface area (Å²) in [5.74, 6) is 0.225. The van der Waals surface area contributed by atoms with Crippen LogP contribution in [0.3, 0.4) is 0 Å². The molecular weight excluding hydrogens is 228 g/mol. The van der Waals surface area contributed by atoms with E-state index in [0.29, 0.717) is 25.7 Å². The number of piperidine rings is 1. The molecule has 1 atom stereocenters. The largest absolute Gasteiger partial charge is 0.381 e. The molecule has 1 saturated heterocycles. The first-order chi connectivity index (χ1) is 7.27. The SMILES string of the molecule is CCOCCC(=O)N1CCCC(NC)C1.Cl. The van der Waals surface area contributed by atoms with Gasteiger partial charge in [-0.3, -0.25) is 4.79 Å². The lowest BCUT2D eigenvalue weighted by molar-refractivity contribution is -0.133. The number of nitrogens with zero attached hydrogens (tertiary/aromatic N) is 1. The molecule has 1 heterocycles. The van der Waals surface area contributed by atoms with Crippen molar-refractivity contribution < 1.29 is 9.53 Å². The Hall–Kier alpha value is -0.320. The molecule has 0 aliphatic carbocycles. The Morgan fingerprint density at radius 2 is 2.31 bits per heavy atom. The van der Waals surface area contributed by atoms with E-state index >= 15 is 0 Å². The smallest absolute Gasteiger partial charge is 0.224 e. The van der Waals surface area contributed by atoms with E-state index in [0.717, 1.165) is 19.5 Å². The second kappa shape index (κ2) is 8.79. The Morgan fingerprint density at radius 1 is 1.56 bits per heavy atom. The van der Waals surface area contributed by atoms with Crippen LogP contribution in [-0.4, -0.2) is 50.2 Å². The third-order valence-electron chi connectivity index (χ3n) is 2.85. The molecule has 0 aromatic carbocycles. The zero-order valence-corrected chi connectivity index (χ0v) is 11.0. The van der Waals surface area contributed by atoms with E-state index in [1.807, 2.05) is 18.9 Å². The number of amides is 1. The molecule has 0 radical (unpaired) electrons. The normalized spacial score (nSPS) is 20.4. The van der Waals surface area contributed by atoms with Crippen LogP contribution >= 0.6 is 12.4 Å². The number of carbonyl (C=O) groups is 1. The van der Waals surface area contributed by atoms with Crippen molar-refractivity contribution >= 4 is 18.3 Å². The highest BCUT2D eigenvalue weighted by molar-refractivity contribution is 5.85. The molecule has 0 saturated carbocycles. The van der Waals surface area contributed by atoms with Gasteiger partial charge in [-0.15, -0.1) is 12.4 Å². The second-order valence-corrected chi connectivity index (χ2v) is 3.91. The lowest BCUT2D eigenvalue weighted by atomic mass is 10.1. The molecule has 1 aliphatic heterocycles. The monoisotopic (exact) mass is 250 g/mol. The molecular formula is C11H23ClN2O2. The summed E-state index contributed by atoms with van der Waals surface area (Å²) < 4.78 is 5.19. The quantitative estimate of drug-likeness (QED) is 0.742. The molecule has 1 N–H and O–H groups in total. The van der Waals surface area contributed by atoms with Crippen molar-refractivity contribution in [2.45, 2.75) is 32.2 Å². The molecule has 1 aliphatic rings. The lowest BCUT2D eigenvalue weighted by Crippen LogP contribution is -2.47. The summed E-state index contributed by atoms with van der Waals surface area (Å²) in [5.41, 5.74) is 0. The molecule has 16 heavy (non-hydrogen) atoms. The van der Waals surface area contributed by atoms with Crippen molar-refractivity contribution in [3.05, 3.63) is 0 Å². The van der Waals surface area contributed by atoms with Gasteiger partial charge in [-0.1, -0.05) is 0 Å². The van der Waals surface area contributed by atoms with E-state index in [9.17, 15) is 4.79 Å². The summed E-state index contributed by atoms with van der Waals surface area (Å²) in [4.78, 5) is 13.7. The van der Waals surface area contributed by atoms with E-state index < -0.39 is 0 Å². The summed E-state index contributed by atoms with van der Waals surface area (Å²) in [6, 6.07) is 0.467. The van der Waals surface area contributed by atoms with Crippen molar-refractivity contribution in [2.75, 3.05) is 33.4 Å². The number of rotatable bonds is 5. The van der Waals surface area contributed by atoms with Gasteiger partial charge in [0, 0.05) is 25.7 Å². The zero-order valence-electron chi connectivity index (χ0n) is 10.2. The molecule has 0 aromatic rings. The van der Waals surface area contributed by atoms with Crippen LogP contribution in [0, 0.1) is 0 Å².